The predicted octanol–water partition coefficient (Wildman–Crippen LogP) is 3.69. The summed E-state index contributed by atoms with van der Waals surface area (Å²) in [4.78, 5) is 28.7. The maximum absolute atomic E-state index is 13.9. The fraction of sp³-hybridized carbons (Fsp3) is 0.455. The Morgan fingerprint density at radius 3 is 2.87 bits per heavy atom. The number of imidazole rings is 1. The van der Waals surface area contributed by atoms with Gasteiger partial charge in [-0.25, -0.2) is 23.7 Å². The molecule has 1 fully saturated rings. The van der Waals surface area contributed by atoms with Crippen LogP contribution >= 0.6 is 0 Å². The summed E-state index contributed by atoms with van der Waals surface area (Å²) in [5.74, 6) is -0.267. The van der Waals surface area contributed by atoms with Crippen LogP contribution in [0.15, 0.2) is 24.5 Å². The Labute approximate surface area is 178 Å². The van der Waals surface area contributed by atoms with Gasteiger partial charge in [0, 0.05) is 32.1 Å². The first kappa shape index (κ1) is 19.8. The molecule has 1 saturated heterocycles. The number of rotatable bonds is 3. The van der Waals surface area contributed by atoms with Gasteiger partial charge in [-0.2, -0.15) is 0 Å². The van der Waals surface area contributed by atoms with Crippen molar-refractivity contribution in [2.75, 3.05) is 23.3 Å². The number of nitrogens with one attached hydrogen (secondary N) is 1. The minimum Gasteiger partial charge on any atom is -0.354 e. The molecule has 0 aliphatic carbocycles. The third-order valence-corrected chi connectivity index (χ3v) is 6.15. The zero-order valence-electron chi connectivity index (χ0n) is 17.2. The molecule has 1 N–H and O–H groups in total. The van der Waals surface area contributed by atoms with Crippen molar-refractivity contribution in [2.24, 2.45) is 5.92 Å². The number of hydrogen-bond donors (Lipinski definition) is 1. The van der Waals surface area contributed by atoms with Crippen molar-refractivity contribution in [3.8, 4) is 0 Å². The number of halogens is 2. The summed E-state index contributed by atoms with van der Waals surface area (Å²) in [7, 11) is 0. The molecular weight excluding hydrogens is 402 g/mol. The summed E-state index contributed by atoms with van der Waals surface area (Å²) in [6, 6.07) is 3.14. The molecule has 31 heavy (non-hydrogen) atoms. The van der Waals surface area contributed by atoms with Crippen LogP contribution in [0.3, 0.4) is 0 Å². The van der Waals surface area contributed by atoms with Crippen LogP contribution < -0.4 is 10.2 Å². The Hall–Kier alpha value is -3.10. The van der Waals surface area contributed by atoms with Gasteiger partial charge in [0.05, 0.1) is 11.6 Å². The average Bonchev–Trinajstić information content (AvgIpc) is 2.96. The van der Waals surface area contributed by atoms with Crippen LogP contribution in [0.4, 0.5) is 20.3 Å². The van der Waals surface area contributed by atoms with Crippen molar-refractivity contribution in [1.82, 2.24) is 19.5 Å². The highest BCUT2D eigenvalue weighted by atomic mass is 19.1. The minimum atomic E-state index is -0.780. The SMILES string of the molecule is O=C(Nc1ccc(F)cc1F)[C@H]1CCCN(c2ncnc3c2nc2n3CCCCC2)C1. The van der Waals surface area contributed by atoms with Gasteiger partial charge in [-0.05, 0) is 37.8 Å². The van der Waals surface area contributed by atoms with E-state index in [4.69, 9.17) is 4.98 Å². The largest absolute Gasteiger partial charge is 0.354 e. The summed E-state index contributed by atoms with van der Waals surface area (Å²) in [6.45, 7) is 2.14. The van der Waals surface area contributed by atoms with E-state index in [-0.39, 0.29) is 17.5 Å². The molecule has 5 rings (SSSR count). The highest BCUT2D eigenvalue weighted by Crippen LogP contribution is 2.30. The summed E-state index contributed by atoms with van der Waals surface area (Å²) < 4.78 is 29.3. The molecule has 0 radical (unpaired) electrons. The van der Waals surface area contributed by atoms with Gasteiger partial charge in [0.1, 0.15) is 23.8 Å². The standard InChI is InChI=1S/C22H24F2N6O/c23-15-7-8-17(16(24)11-15)27-22(31)14-5-4-9-29(12-14)20-19-21(26-13-25-20)30-10-3-1-2-6-18(30)28-19/h7-8,11,13-14H,1-6,9-10,12H2,(H,27,31)/t14-/m0/s1. The van der Waals surface area contributed by atoms with Crippen LogP contribution in [0, 0.1) is 17.6 Å². The summed E-state index contributed by atoms with van der Waals surface area (Å²) >= 11 is 0. The highest BCUT2D eigenvalue weighted by Gasteiger charge is 2.29. The predicted molar refractivity (Wildman–Crippen MR) is 113 cm³/mol. The third-order valence-electron chi connectivity index (χ3n) is 6.15. The van der Waals surface area contributed by atoms with E-state index in [2.05, 4.69) is 24.8 Å². The third kappa shape index (κ3) is 3.84. The lowest BCUT2D eigenvalue weighted by Gasteiger charge is -2.32. The van der Waals surface area contributed by atoms with Gasteiger partial charge in [0.15, 0.2) is 17.0 Å². The van der Waals surface area contributed by atoms with Crippen LogP contribution in [0.25, 0.3) is 11.2 Å². The van der Waals surface area contributed by atoms with Gasteiger partial charge in [-0.1, -0.05) is 6.42 Å². The molecule has 9 heteroatoms. The second kappa shape index (κ2) is 8.20. The Kier molecular flexibility index (Phi) is 5.25. The number of piperidine rings is 1. The maximum Gasteiger partial charge on any atom is 0.229 e. The lowest BCUT2D eigenvalue weighted by atomic mass is 9.97. The van der Waals surface area contributed by atoms with E-state index in [1.165, 1.54) is 12.5 Å². The molecule has 0 saturated carbocycles. The first-order chi connectivity index (χ1) is 15.1. The van der Waals surface area contributed by atoms with E-state index in [0.29, 0.717) is 13.0 Å². The molecule has 162 valence electrons. The Balaban J connectivity index is 1.38. The number of aromatic nitrogens is 4. The van der Waals surface area contributed by atoms with Crippen molar-refractivity contribution >= 4 is 28.6 Å². The highest BCUT2D eigenvalue weighted by molar-refractivity contribution is 5.93. The van der Waals surface area contributed by atoms with Crippen molar-refractivity contribution in [2.45, 2.75) is 45.1 Å². The van der Waals surface area contributed by atoms with Gasteiger partial charge in [0.2, 0.25) is 5.91 Å². The van der Waals surface area contributed by atoms with E-state index in [1.54, 1.807) is 6.33 Å². The van der Waals surface area contributed by atoms with Gasteiger partial charge in [-0.3, -0.25) is 4.79 Å². The molecule has 0 spiro atoms. The Morgan fingerprint density at radius 1 is 1.10 bits per heavy atom. The molecule has 2 aliphatic rings. The Bertz CT molecular complexity index is 1130. The van der Waals surface area contributed by atoms with E-state index >= 15 is 0 Å². The van der Waals surface area contributed by atoms with E-state index in [0.717, 1.165) is 73.7 Å². The maximum atomic E-state index is 13.9. The lowest BCUT2D eigenvalue weighted by Crippen LogP contribution is -2.41. The number of carbonyl (C=O) groups is 1. The molecule has 4 heterocycles. The molecule has 7 nitrogen and oxygen atoms in total. The van der Waals surface area contributed by atoms with Crippen molar-refractivity contribution in [1.29, 1.82) is 0 Å². The number of amides is 1. The van der Waals surface area contributed by atoms with Gasteiger partial charge in [-0.15, -0.1) is 0 Å². The van der Waals surface area contributed by atoms with Crippen LogP contribution in [-0.2, 0) is 17.8 Å². The minimum absolute atomic E-state index is 0.00853. The van der Waals surface area contributed by atoms with Crippen LogP contribution in [0.2, 0.25) is 0 Å². The van der Waals surface area contributed by atoms with Crippen molar-refractivity contribution in [3.05, 3.63) is 42.0 Å². The van der Waals surface area contributed by atoms with Gasteiger partial charge in [0.25, 0.3) is 0 Å². The van der Waals surface area contributed by atoms with Crippen LogP contribution in [-0.4, -0.2) is 38.5 Å². The molecule has 0 bridgehead atoms. The van der Waals surface area contributed by atoms with E-state index in [1.807, 2.05) is 0 Å². The average molecular weight is 426 g/mol. The number of nitrogens with zero attached hydrogens (tertiary/aromatic N) is 5. The van der Waals surface area contributed by atoms with E-state index < -0.39 is 11.6 Å². The second-order valence-corrected chi connectivity index (χ2v) is 8.26. The Morgan fingerprint density at radius 2 is 2.00 bits per heavy atom. The molecule has 2 aromatic heterocycles. The molecule has 1 atom stereocenters. The molecular formula is C22H24F2N6O. The topological polar surface area (TPSA) is 75.9 Å². The molecule has 1 aromatic carbocycles. The van der Waals surface area contributed by atoms with Gasteiger partial charge < -0.3 is 14.8 Å². The first-order valence-electron chi connectivity index (χ1n) is 10.8. The van der Waals surface area contributed by atoms with Crippen LogP contribution in [0.1, 0.15) is 37.9 Å². The number of fused-ring (bicyclic) bond motifs is 3. The number of benzene rings is 1. The summed E-state index contributed by atoms with van der Waals surface area (Å²) in [5, 5.41) is 2.60. The molecule has 3 aromatic rings. The molecule has 1 amide bonds. The first-order valence-corrected chi connectivity index (χ1v) is 10.8. The number of carbonyl (C=O) groups excluding carboxylic acids is 1. The number of anilines is 2. The van der Waals surface area contributed by atoms with Crippen LogP contribution in [0.5, 0.6) is 0 Å². The molecule has 2 aliphatic heterocycles. The fourth-order valence-corrected chi connectivity index (χ4v) is 4.57. The zero-order valence-corrected chi connectivity index (χ0v) is 17.2. The lowest BCUT2D eigenvalue weighted by molar-refractivity contribution is -0.120. The summed E-state index contributed by atoms with van der Waals surface area (Å²) in [6.07, 6.45) is 7.43. The summed E-state index contributed by atoms with van der Waals surface area (Å²) in [5.41, 5.74) is 1.62. The van der Waals surface area contributed by atoms with Crippen molar-refractivity contribution in [3.63, 3.8) is 0 Å². The number of aryl methyl sites for hydroxylation is 2. The molecule has 0 unspecified atom stereocenters. The zero-order chi connectivity index (χ0) is 21.4. The monoisotopic (exact) mass is 426 g/mol. The van der Waals surface area contributed by atoms with Gasteiger partial charge >= 0.3 is 0 Å². The van der Waals surface area contributed by atoms with E-state index in [9.17, 15) is 13.6 Å². The number of hydrogen-bond acceptors (Lipinski definition) is 5. The normalized spacial score (nSPS) is 19.2. The smallest absolute Gasteiger partial charge is 0.229 e. The fourth-order valence-electron chi connectivity index (χ4n) is 4.57. The second-order valence-electron chi connectivity index (χ2n) is 8.26. The quantitative estimate of drug-likeness (QED) is 0.691. The van der Waals surface area contributed by atoms with Crippen molar-refractivity contribution < 1.29 is 13.6 Å².